The molecule has 0 radical (unpaired) electrons. The van der Waals surface area contributed by atoms with Gasteiger partial charge in [0.1, 0.15) is 5.82 Å². The van der Waals surface area contributed by atoms with Crippen molar-refractivity contribution in [3.8, 4) is 0 Å². The molecule has 1 amide bonds. The maximum Gasteiger partial charge on any atom is 0.258 e. The number of aromatic amines is 1. The summed E-state index contributed by atoms with van der Waals surface area (Å²) in [6.45, 7) is 6.85. The van der Waals surface area contributed by atoms with Crippen LogP contribution < -0.4 is 20.9 Å². The zero-order chi connectivity index (χ0) is 30.1. The summed E-state index contributed by atoms with van der Waals surface area (Å²) in [5.74, 6) is -0.804. The van der Waals surface area contributed by atoms with Gasteiger partial charge in [-0.3, -0.25) is 9.89 Å². The second-order valence-electron chi connectivity index (χ2n) is 11.4. The van der Waals surface area contributed by atoms with Gasteiger partial charge in [0.05, 0.1) is 20.9 Å². The quantitative estimate of drug-likeness (QED) is 0.237. The van der Waals surface area contributed by atoms with Crippen LogP contribution in [0.3, 0.4) is 0 Å². The van der Waals surface area contributed by atoms with Crippen molar-refractivity contribution < 1.29 is 17.6 Å². The number of likely N-dealkylation sites (N-methyl/N-ethyl adjacent to an activating group) is 1. The first kappa shape index (κ1) is 29.1. The van der Waals surface area contributed by atoms with Crippen LogP contribution in [0.4, 0.5) is 21.6 Å². The summed E-state index contributed by atoms with van der Waals surface area (Å²) in [7, 11) is -1.88. The van der Waals surface area contributed by atoms with Crippen LogP contribution in [0.1, 0.15) is 30.1 Å². The number of carbonyl (C=O) groups is 1. The SMILES string of the molecule is CC(Nc1cc(N2CCN(C)CC2)ccc1C(=O)Nc1n[nH]c2ccc(S(=O)(=O)c3cccc(F)c3)cc12)C1CCCN1. The summed E-state index contributed by atoms with van der Waals surface area (Å²) in [4.78, 5) is 18.2. The average Bonchev–Trinajstić information content (AvgIpc) is 3.68. The van der Waals surface area contributed by atoms with Crippen molar-refractivity contribution in [2.45, 2.75) is 41.6 Å². The first-order chi connectivity index (χ1) is 20.7. The smallest absolute Gasteiger partial charge is 0.258 e. The first-order valence-electron chi connectivity index (χ1n) is 14.6. The summed E-state index contributed by atoms with van der Waals surface area (Å²) in [6.07, 6.45) is 2.18. The molecule has 10 nitrogen and oxygen atoms in total. The summed E-state index contributed by atoms with van der Waals surface area (Å²) >= 11 is 0. The molecule has 3 heterocycles. The number of amides is 1. The Balaban J connectivity index is 1.30. The number of halogens is 1. The second kappa shape index (κ2) is 11.9. The van der Waals surface area contributed by atoms with Gasteiger partial charge < -0.3 is 25.8 Å². The summed E-state index contributed by atoms with van der Waals surface area (Å²) in [6, 6.07) is 15.6. The number of nitrogens with zero attached hydrogens (tertiary/aromatic N) is 3. The Hall–Kier alpha value is -4.00. The number of fused-ring (bicyclic) bond motifs is 1. The molecule has 1 aromatic heterocycles. The average molecular weight is 606 g/mol. The molecular formula is C31H36FN7O3S. The van der Waals surface area contributed by atoms with Crippen molar-refractivity contribution in [3.05, 3.63) is 72.0 Å². The molecule has 0 bridgehead atoms. The Morgan fingerprint density at radius 2 is 1.84 bits per heavy atom. The van der Waals surface area contributed by atoms with Crippen molar-refractivity contribution in [1.82, 2.24) is 20.4 Å². The van der Waals surface area contributed by atoms with E-state index in [1.807, 2.05) is 18.2 Å². The van der Waals surface area contributed by atoms with Gasteiger partial charge in [0.15, 0.2) is 5.82 Å². The summed E-state index contributed by atoms with van der Waals surface area (Å²) < 4.78 is 40.3. The van der Waals surface area contributed by atoms with Crippen LogP contribution in [0.25, 0.3) is 10.9 Å². The molecule has 0 aliphatic carbocycles. The molecule has 2 aliphatic rings. The van der Waals surface area contributed by atoms with E-state index in [-0.39, 0.29) is 27.6 Å². The van der Waals surface area contributed by atoms with Gasteiger partial charge >= 0.3 is 0 Å². The van der Waals surface area contributed by atoms with E-state index in [2.05, 4.69) is 49.9 Å². The summed E-state index contributed by atoms with van der Waals surface area (Å²) in [5.41, 5.74) is 2.79. The van der Waals surface area contributed by atoms with Gasteiger partial charge in [-0.15, -0.1) is 0 Å². The number of aromatic nitrogens is 2. The number of sulfone groups is 1. The molecule has 6 rings (SSSR count). The fraction of sp³-hybridized carbons (Fsp3) is 0.355. The van der Waals surface area contributed by atoms with Gasteiger partial charge in [-0.1, -0.05) is 6.07 Å². The highest BCUT2D eigenvalue weighted by Crippen LogP contribution is 2.30. The van der Waals surface area contributed by atoms with Gasteiger partial charge in [-0.05, 0) is 88.0 Å². The Bertz CT molecular complexity index is 1750. The first-order valence-corrected chi connectivity index (χ1v) is 16.0. The number of H-pyrrole nitrogens is 1. The third-order valence-electron chi connectivity index (χ3n) is 8.38. The lowest BCUT2D eigenvalue weighted by Gasteiger charge is -2.34. The van der Waals surface area contributed by atoms with Crippen LogP contribution in [-0.4, -0.2) is 81.3 Å². The van der Waals surface area contributed by atoms with Crippen LogP contribution in [0.15, 0.2) is 70.5 Å². The van der Waals surface area contributed by atoms with Gasteiger partial charge in [-0.25, -0.2) is 12.8 Å². The fourth-order valence-electron chi connectivity index (χ4n) is 5.80. The number of anilines is 3. The van der Waals surface area contributed by atoms with E-state index in [9.17, 15) is 17.6 Å². The number of hydrogen-bond acceptors (Lipinski definition) is 8. The molecule has 2 fully saturated rings. The van der Waals surface area contributed by atoms with E-state index in [0.29, 0.717) is 22.5 Å². The van der Waals surface area contributed by atoms with Crippen molar-refractivity contribution >= 4 is 43.8 Å². The van der Waals surface area contributed by atoms with Crippen LogP contribution in [0, 0.1) is 5.82 Å². The highest BCUT2D eigenvalue weighted by molar-refractivity contribution is 7.91. The minimum absolute atomic E-state index is 0.0285. The fourth-order valence-corrected chi connectivity index (χ4v) is 7.11. The topological polar surface area (TPSA) is 122 Å². The highest BCUT2D eigenvalue weighted by Gasteiger charge is 2.25. The Labute approximate surface area is 250 Å². The van der Waals surface area contributed by atoms with Crippen molar-refractivity contribution in [1.29, 1.82) is 0 Å². The lowest BCUT2D eigenvalue weighted by molar-refractivity contribution is 0.102. The Kier molecular flexibility index (Phi) is 8.08. The van der Waals surface area contributed by atoms with E-state index < -0.39 is 15.7 Å². The molecule has 4 N–H and O–H groups in total. The third kappa shape index (κ3) is 6.08. The molecule has 4 aromatic rings. The summed E-state index contributed by atoms with van der Waals surface area (Å²) in [5, 5.41) is 17.6. The van der Waals surface area contributed by atoms with Gasteiger partial charge in [-0.2, -0.15) is 5.10 Å². The molecule has 0 spiro atoms. The van der Waals surface area contributed by atoms with E-state index in [1.165, 1.54) is 30.3 Å². The van der Waals surface area contributed by atoms with Crippen molar-refractivity contribution in [2.24, 2.45) is 0 Å². The molecular weight excluding hydrogens is 569 g/mol. The van der Waals surface area contributed by atoms with Gasteiger partial charge in [0.2, 0.25) is 9.84 Å². The van der Waals surface area contributed by atoms with Crippen molar-refractivity contribution in [3.63, 3.8) is 0 Å². The number of hydrogen-bond donors (Lipinski definition) is 4. The maximum absolute atomic E-state index is 13.8. The molecule has 43 heavy (non-hydrogen) atoms. The monoisotopic (exact) mass is 605 g/mol. The van der Waals surface area contributed by atoms with Gasteiger partial charge in [0.25, 0.3) is 5.91 Å². The molecule has 2 saturated heterocycles. The third-order valence-corrected chi connectivity index (χ3v) is 10.1. The largest absolute Gasteiger partial charge is 0.380 e. The zero-order valence-corrected chi connectivity index (χ0v) is 25.0. The molecule has 2 atom stereocenters. The van der Waals surface area contributed by atoms with E-state index in [4.69, 9.17) is 0 Å². The predicted octanol–water partition coefficient (Wildman–Crippen LogP) is 4.09. The minimum Gasteiger partial charge on any atom is -0.380 e. The standard InChI is InChI=1S/C31H36FN7O3S/c1-20(27-7-4-12-33-27)34-29-18-22(39-15-13-38(2)14-16-39)8-10-25(29)31(40)35-30-26-19-24(9-11-28(26)36-37-30)43(41,42)23-6-3-5-21(32)17-23/h3,5-6,8-11,17-20,27,33-34H,4,7,12-16H2,1-2H3,(H2,35,36,37,40). The number of piperazine rings is 1. The zero-order valence-electron chi connectivity index (χ0n) is 24.2. The van der Waals surface area contributed by atoms with Crippen LogP contribution >= 0.6 is 0 Å². The number of benzene rings is 3. The molecule has 2 aliphatic heterocycles. The number of rotatable bonds is 8. The molecule has 2 unspecified atom stereocenters. The molecule has 0 saturated carbocycles. The Morgan fingerprint density at radius 3 is 2.58 bits per heavy atom. The maximum atomic E-state index is 13.8. The minimum atomic E-state index is -3.99. The molecule has 226 valence electrons. The Morgan fingerprint density at radius 1 is 1.05 bits per heavy atom. The normalized spacial score (nSPS) is 18.6. The highest BCUT2D eigenvalue weighted by atomic mass is 32.2. The lowest BCUT2D eigenvalue weighted by Crippen LogP contribution is -2.44. The van der Waals surface area contributed by atoms with Crippen LogP contribution in [0.2, 0.25) is 0 Å². The van der Waals surface area contributed by atoms with E-state index in [1.54, 1.807) is 6.07 Å². The van der Waals surface area contributed by atoms with Gasteiger partial charge in [0, 0.05) is 55.0 Å². The molecule has 3 aromatic carbocycles. The van der Waals surface area contributed by atoms with E-state index >= 15 is 0 Å². The van der Waals surface area contributed by atoms with Crippen LogP contribution in [0.5, 0.6) is 0 Å². The lowest BCUT2D eigenvalue weighted by atomic mass is 10.1. The predicted molar refractivity (Wildman–Crippen MR) is 166 cm³/mol. The second-order valence-corrected chi connectivity index (χ2v) is 13.3. The van der Waals surface area contributed by atoms with Crippen molar-refractivity contribution in [2.75, 3.05) is 55.3 Å². The van der Waals surface area contributed by atoms with Crippen LogP contribution in [-0.2, 0) is 9.84 Å². The number of carbonyl (C=O) groups excluding carboxylic acids is 1. The van der Waals surface area contributed by atoms with E-state index in [0.717, 1.165) is 63.0 Å². The molecule has 12 heteroatoms. The number of nitrogens with one attached hydrogen (secondary N) is 4.